The van der Waals surface area contributed by atoms with Crippen molar-refractivity contribution in [2.45, 2.75) is 50.7 Å². The highest BCUT2D eigenvalue weighted by Crippen LogP contribution is 2.26. The molecule has 0 aromatic heterocycles. The molecule has 2 amide bonds. The van der Waals surface area contributed by atoms with Crippen LogP contribution in [0.4, 0.5) is 15.8 Å². The Morgan fingerprint density at radius 2 is 1.55 bits per heavy atom. The van der Waals surface area contributed by atoms with E-state index in [1.54, 1.807) is 26.8 Å². The Morgan fingerprint density at radius 3 is 2.08 bits per heavy atom. The molecule has 3 rings (SSSR count). The van der Waals surface area contributed by atoms with Crippen LogP contribution in [0.1, 0.15) is 33.3 Å². The van der Waals surface area contributed by atoms with E-state index in [2.05, 4.69) is 5.32 Å². The smallest absolute Gasteiger partial charge is 0.269 e. The summed E-state index contributed by atoms with van der Waals surface area (Å²) < 4.78 is 41.8. The van der Waals surface area contributed by atoms with E-state index in [1.165, 1.54) is 72.5 Å². The van der Waals surface area contributed by atoms with Gasteiger partial charge >= 0.3 is 0 Å². The monoisotopic (exact) mass is 570 g/mol. The van der Waals surface area contributed by atoms with Crippen LogP contribution in [0.5, 0.6) is 0 Å². The highest BCUT2D eigenvalue weighted by Gasteiger charge is 2.33. The summed E-state index contributed by atoms with van der Waals surface area (Å²) in [4.78, 5) is 38.5. The van der Waals surface area contributed by atoms with Gasteiger partial charge in [0.15, 0.2) is 0 Å². The summed E-state index contributed by atoms with van der Waals surface area (Å²) in [5, 5.41) is 14.0. The number of carbonyl (C=O) groups excluding carboxylic acids is 2. The number of benzene rings is 3. The van der Waals surface area contributed by atoms with Gasteiger partial charge < -0.3 is 10.2 Å². The van der Waals surface area contributed by atoms with Crippen molar-refractivity contribution >= 4 is 33.2 Å². The first-order valence-electron chi connectivity index (χ1n) is 12.4. The number of nitrogens with one attached hydrogen (secondary N) is 1. The Hall–Kier alpha value is -4.32. The van der Waals surface area contributed by atoms with Gasteiger partial charge in [-0.25, -0.2) is 12.8 Å². The second-order valence-corrected chi connectivity index (χ2v) is 12.0. The highest BCUT2D eigenvalue weighted by molar-refractivity contribution is 7.92. The standard InChI is InChI=1S/C28H31FN4O6S/c1-20(27(35)30-28(2,3)4)31(18-21-10-12-22(29)13-11-21)26(34)19-32(23-14-16-24(17-15-23)33(36)37)40(38,39)25-8-6-5-7-9-25/h5-17,20H,18-19H2,1-4H3,(H,30,35)/t20-/m0/s1. The van der Waals surface area contributed by atoms with E-state index in [1.807, 2.05) is 0 Å². The lowest BCUT2D eigenvalue weighted by Gasteiger charge is -2.33. The van der Waals surface area contributed by atoms with Gasteiger partial charge in [0.05, 0.1) is 15.5 Å². The van der Waals surface area contributed by atoms with Gasteiger partial charge in [0.25, 0.3) is 15.7 Å². The van der Waals surface area contributed by atoms with Gasteiger partial charge in [-0.15, -0.1) is 0 Å². The Bertz CT molecular complexity index is 1460. The van der Waals surface area contributed by atoms with Gasteiger partial charge in [-0.1, -0.05) is 30.3 Å². The summed E-state index contributed by atoms with van der Waals surface area (Å²) in [6.07, 6.45) is 0. The number of nitro benzene ring substituents is 1. The van der Waals surface area contributed by atoms with Crippen LogP contribution >= 0.6 is 0 Å². The summed E-state index contributed by atoms with van der Waals surface area (Å²) in [7, 11) is -4.30. The van der Waals surface area contributed by atoms with Crippen LogP contribution in [0.15, 0.2) is 83.8 Å². The third-order valence-electron chi connectivity index (χ3n) is 5.89. The number of sulfonamides is 1. The number of hydrogen-bond donors (Lipinski definition) is 1. The fourth-order valence-electron chi connectivity index (χ4n) is 3.83. The number of hydrogen-bond acceptors (Lipinski definition) is 6. The Balaban J connectivity index is 2.04. The number of anilines is 1. The lowest BCUT2D eigenvalue weighted by molar-refractivity contribution is -0.384. The summed E-state index contributed by atoms with van der Waals surface area (Å²) in [6, 6.07) is 16.6. The van der Waals surface area contributed by atoms with Crippen LogP contribution in [0.3, 0.4) is 0 Å². The van der Waals surface area contributed by atoms with Crippen molar-refractivity contribution in [3.05, 3.63) is 100 Å². The number of rotatable bonds is 10. The minimum absolute atomic E-state index is 0.0244. The predicted molar refractivity (Wildman–Crippen MR) is 148 cm³/mol. The normalized spacial score (nSPS) is 12.3. The third-order valence-corrected chi connectivity index (χ3v) is 7.68. The van der Waals surface area contributed by atoms with E-state index in [9.17, 15) is 32.5 Å². The molecule has 12 heteroatoms. The molecule has 0 aliphatic heterocycles. The first-order chi connectivity index (χ1) is 18.7. The molecule has 3 aromatic rings. The van der Waals surface area contributed by atoms with Gasteiger partial charge in [0, 0.05) is 24.2 Å². The SMILES string of the molecule is C[C@@H](C(=O)NC(C)(C)C)N(Cc1ccc(F)cc1)C(=O)CN(c1ccc([N+](=O)[O-])cc1)S(=O)(=O)c1ccccc1. The summed E-state index contributed by atoms with van der Waals surface area (Å²) in [5.41, 5.74) is -0.302. The van der Waals surface area contributed by atoms with Crippen LogP contribution in [-0.4, -0.2) is 48.2 Å². The van der Waals surface area contributed by atoms with Gasteiger partial charge in [-0.3, -0.25) is 24.0 Å². The fraction of sp³-hybridized carbons (Fsp3) is 0.286. The molecule has 10 nitrogen and oxygen atoms in total. The zero-order chi connectivity index (χ0) is 29.7. The second kappa shape index (κ2) is 12.2. The van der Waals surface area contributed by atoms with E-state index in [0.717, 1.165) is 16.4 Å². The first kappa shape index (κ1) is 30.2. The number of nitrogens with zero attached hydrogens (tertiary/aromatic N) is 3. The molecule has 1 N–H and O–H groups in total. The topological polar surface area (TPSA) is 130 Å². The quantitative estimate of drug-likeness (QED) is 0.286. The lowest BCUT2D eigenvalue weighted by Crippen LogP contribution is -2.54. The van der Waals surface area contributed by atoms with E-state index in [0.29, 0.717) is 5.56 Å². The van der Waals surface area contributed by atoms with E-state index >= 15 is 0 Å². The van der Waals surface area contributed by atoms with Crippen molar-refractivity contribution in [3.63, 3.8) is 0 Å². The molecular formula is C28H31FN4O6S. The van der Waals surface area contributed by atoms with Crippen LogP contribution in [-0.2, 0) is 26.2 Å². The van der Waals surface area contributed by atoms with Gasteiger partial charge in [-0.05, 0) is 69.7 Å². The molecular weight excluding hydrogens is 539 g/mol. The molecule has 212 valence electrons. The number of carbonyl (C=O) groups is 2. The van der Waals surface area contributed by atoms with Crippen molar-refractivity contribution in [1.82, 2.24) is 10.2 Å². The van der Waals surface area contributed by atoms with Crippen LogP contribution in [0, 0.1) is 15.9 Å². The maximum atomic E-state index is 13.8. The molecule has 0 bridgehead atoms. The predicted octanol–water partition coefficient (Wildman–Crippen LogP) is 4.26. The Kier molecular flexibility index (Phi) is 9.25. The molecule has 0 unspecified atom stereocenters. The average molecular weight is 571 g/mol. The fourth-order valence-corrected chi connectivity index (χ4v) is 5.27. The number of nitro groups is 1. The zero-order valence-electron chi connectivity index (χ0n) is 22.6. The summed E-state index contributed by atoms with van der Waals surface area (Å²) in [5.74, 6) is -1.65. The maximum Gasteiger partial charge on any atom is 0.269 e. The second-order valence-electron chi connectivity index (χ2n) is 10.2. The maximum absolute atomic E-state index is 13.8. The lowest BCUT2D eigenvalue weighted by atomic mass is 10.1. The summed E-state index contributed by atoms with van der Waals surface area (Å²) in [6.45, 7) is 6.07. The molecule has 0 aliphatic carbocycles. The van der Waals surface area contributed by atoms with Crippen molar-refractivity contribution < 1.29 is 27.3 Å². The Labute approximate surface area is 232 Å². The molecule has 0 saturated heterocycles. The minimum atomic E-state index is -4.30. The van der Waals surface area contributed by atoms with E-state index in [4.69, 9.17) is 0 Å². The van der Waals surface area contributed by atoms with Crippen molar-refractivity contribution in [1.29, 1.82) is 0 Å². The minimum Gasteiger partial charge on any atom is -0.350 e. The molecule has 0 heterocycles. The van der Waals surface area contributed by atoms with Crippen LogP contribution in [0.25, 0.3) is 0 Å². The van der Waals surface area contributed by atoms with Crippen molar-refractivity contribution in [3.8, 4) is 0 Å². The molecule has 3 aromatic carbocycles. The average Bonchev–Trinajstić information content (AvgIpc) is 2.90. The first-order valence-corrected chi connectivity index (χ1v) is 13.8. The molecule has 40 heavy (non-hydrogen) atoms. The zero-order valence-corrected chi connectivity index (χ0v) is 23.4. The van der Waals surface area contributed by atoms with Gasteiger partial charge in [-0.2, -0.15) is 0 Å². The number of non-ortho nitro benzene ring substituents is 1. The highest BCUT2D eigenvalue weighted by atomic mass is 32.2. The van der Waals surface area contributed by atoms with E-state index in [-0.39, 0.29) is 22.8 Å². The third kappa shape index (κ3) is 7.63. The van der Waals surface area contributed by atoms with Crippen LogP contribution < -0.4 is 9.62 Å². The molecule has 0 saturated carbocycles. The Morgan fingerprint density at radius 1 is 0.975 bits per heavy atom. The molecule has 0 aliphatic rings. The summed E-state index contributed by atoms with van der Waals surface area (Å²) >= 11 is 0. The van der Waals surface area contributed by atoms with Crippen molar-refractivity contribution in [2.24, 2.45) is 0 Å². The van der Waals surface area contributed by atoms with Crippen molar-refractivity contribution in [2.75, 3.05) is 10.8 Å². The molecule has 1 atom stereocenters. The largest absolute Gasteiger partial charge is 0.350 e. The molecule has 0 fully saturated rings. The van der Waals surface area contributed by atoms with Crippen LogP contribution in [0.2, 0.25) is 0 Å². The van der Waals surface area contributed by atoms with Gasteiger partial charge in [0.2, 0.25) is 11.8 Å². The van der Waals surface area contributed by atoms with Gasteiger partial charge in [0.1, 0.15) is 18.4 Å². The molecule has 0 radical (unpaired) electrons. The molecule has 0 spiro atoms. The van der Waals surface area contributed by atoms with E-state index < -0.39 is 50.7 Å². The number of halogens is 1. The number of amides is 2.